The van der Waals surface area contributed by atoms with E-state index in [1.165, 1.54) is 23.1 Å². The predicted octanol–water partition coefficient (Wildman–Crippen LogP) is 4.81. The summed E-state index contributed by atoms with van der Waals surface area (Å²) < 4.78 is 29.8. The van der Waals surface area contributed by atoms with Crippen molar-refractivity contribution in [1.82, 2.24) is 10.2 Å². The zero-order chi connectivity index (χ0) is 22.4. The number of likely N-dealkylation sites (tertiary alicyclic amines) is 1. The fourth-order valence-electron chi connectivity index (χ4n) is 3.59. The standard InChI is InChI=1S/C22H22Cl2F2N2O3/c23-17-8-3-5-14(19(17)24)10-11-27-20(29)15-6-4-12-28(13-15)21(30)16-7-1-2-9-18(16)31-22(25)26/h1-3,5,7-9,15,22H,4,6,10-13H2,(H,27,29). The van der Waals surface area contributed by atoms with Crippen LogP contribution in [0.5, 0.6) is 5.75 Å². The molecule has 0 spiro atoms. The third-order valence-electron chi connectivity index (χ3n) is 5.14. The number of amides is 2. The lowest BCUT2D eigenvalue weighted by atomic mass is 9.96. The molecule has 0 aromatic heterocycles. The smallest absolute Gasteiger partial charge is 0.387 e. The molecule has 1 aliphatic rings. The largest absolute Gasteiger partial charge is 0.434 e. The van der Waals surface area contributed by atoms with Crippen molar-refractivity contribution in [2.45, 2.75) is 25.9 Å². The van der Waals surface area contributed by atoms with Crippen molar-refractivity contribution >= 4 is 35.0 Å². The van der Waals surface area contributed by atoms with Gasteiger partial charge in [0.1, 0.15) is 5.75 Å². The third-order valence-corrected chi connectivity index (χ3v) is 6.00. The number of piperidine rings is 1. The highest BCUT2D eigenvalue weighted by molar-refractivity contribution is 6.42. The van der Waals surface area contributed by atoms with Crippen molar-refractivity contribution in [2.24, 2.45) is 5.92 Å². The Kier molecular flexibility index (Phi) is 8.09. The van der Waals surface area contributed by atoms with E-state index in [-0.39, 0.29) is 29.7 Å². The van der Waals surface area contributed by atoms with Gasteiger partial charge in [0.05, 0.1) is 21.5 Å². The zero-order valence-electron chi connectivity index (χ0n) is 16.6. The number of hydrogen-bond acceptors (Lipinski definition) is 3. The molecule has 1 atom stereocenters. The van der Waals surface area contributed by atoms with Crippen LogP contribution in [0.4, 0.5) is 8.78 Å². The van der Waals surface area contributed by atoms with E-state index >= 15 is 0 Å². The van der Waals surface area contributed by atoms with Gasteiger partial charge in [-0.15, -0.1) is 0 Å². The zero-order valence-corrected chi connectivity index (χ0v) is 18.1. The Morgan fingerprint density at radius 1 is 1.16 bits per heavy atom. The summed E-state index contributed by atoms with van der Waals surface area (Å²) >= 11 is 12.2. The molecule has 0 saturated carbocycles. The van der Waals surface area contributed by atoms with Gasteiger partial charge in [0.15, 0.2) is 0 Å². The fraction of sp³-hybridized carbons (Fsp3) is 0.364. The monoisotopic (exact) mass is 470 g/mol. The van der Waals surface area contributed by atoms with E-state index in [4.69, 9.17) is 23.2 Å². The van der Waals surface area contributed by atoms with Crippen LogP contribution < -0.4 is 10.1 Å². The number of rotatable bonds is 7. The SMILES string of the molecule is O=C(NCCc1cccc(Cl)c1Cl)C1CCCN(C(=O)c2ccccc2OC(F)F)C1. The van der Waals surface area contributed by atoms with E-state index < -0.39 is 12.5 Å². The highest BCUT2D eigenvalue weighted by atomic mass is 35.5. The number of halogens is 4. The van der Waals surface area contributed by atoms with Crippen LogP contribution in [0, 0.1) is 5.92 Å². The Bertz CT molecular complexity index is 943. The maximum absolute atomic E-state index is 12.9. The van der Waals surface area contributed by atoms with Crippen LogP contribution in [0.25, 0.3) is 0 Å². The Balaban J connectivity index is 1.58. The summed E-state index contributed by atoms with van der Waals surface area (Å²) in [5, 5.41) is 3.81. The number of carbonyl (C=O) groups excluding carboxylic acids is 2. The summed E-state index contributed by atoms with van der Waals surface area (Å²) in [5.41, 5.74) is 0.894. The summed E-state index contributed by atoms with van der Waals surface area (Å²) in [6, 6.07) is 11.2. The molecular weight excluding hydrogens is 449 g/mol. The van der Waals surface area contributed by atoms with Gasteiger partial charge in [0, 0.05) is 19.6 Å². The molecule has 9 heteroatoms. The molecular formula is C22H22Cl2F2N2O3. The van der Waals surface area contributed by atoms with E-state index in [0.29, 0.717) is 42.4 Å². The number of carbonyl (C=O) groups is 2. The summed E-state index contributed by atoms with van der Waals surface area (Å²) in [6.07, 6.45) is 1.81. The maximum atomic E-state index is 12.9. The van der Waals surface area contributed by atoms with Crippen molar-refractivity contribution < 1.29 is 23.1 Å². The van der Waals surface area contributed by atoms with Gasteiger partial charge in [-0.3, -0.25) is 9.59 Å². The van der Waals surface area contributed by atoms with Gasteiger partial charge in [-0.05, 0) is 43.0 Å². The van der Waals surface area contributed by atoms with Gasteiger partial charge in [0.25, 0.3) is 5.91 Å². The van der Waals surface area contributed by atoms with E-state index in [0.717, 1.165) is 5.56 Å². The van der Waals surface area contributed by atoms with Gasteiger partial charge in [-0.25, -0.2) is 0 Å². The Morgan fingerprint density at radius 3 is 2.71 bits per heavy atom. The van der Waals surface area contributed by atoms with Crippen molar-refractivity contribution in [3.63, 3.8) is 0 Å². The van der Waals surface area contributed by atoms with Gasteiger partial charge < -0.3 is 15.0 Å². The highest BCUT2D eigenvalue weighted by Gasteiger charge is 2.30. The molecule has 2 amide bonds. The van der Waals surface area contributed by atoms with Crippen molar-refractivity contribution in [3.05, 3.63) is 63.6 Å². The van der Waals surface area contributed by atoms with Crippen molar-refractivity contribution in [1.29, 1.82) is 0 Å². The minimum Gasteiger partial charge on any atom is -0.434 e. The molecule has 1 aliphatic heterocycles. The number of nitrogens with zero attached hydrogens (tertiary/aromatic N) is 1. The molecule has 2 aromatic carbocycles. The average Bonchev–Trinajstić information content (AvgIpc) is 2.76. The number of alkyl halides is 2. The van der Waals surface area contributed by atoms with Gasteiger partial charge >= 0.3 is 6.61 Å². The molecule has 1 saturated heterocycles. The molecule has 1 heterocycles. The van der Waals surface area contributed by atoms with E-state index in [1.807, 2.05) is 6.07 Å². The lowest BCUT2D eigenvalue weighted by molar-refractivity contribution is -0.126. The van der Waals surface area contributed by atoms with Crippen LogP contribution in [0.3, 0.4) is 0 Å². The Labute approximate surface area is 189 Å². The summed E-state index contributed by atoms with van der Waals surface area (Å²) in [7, 11) is 0. The molecule has 1 fully saturated rings. The quantitative estimate of drug-likeness (QED) is 0.631. The Hall–Kier alpha value is -2.38. The Morgan fingerprint density at radius 2 is 1.94 bits per heavy atom. The first-order valence-electron chi connectivity index (χ1n) is 9.90. The third kappa shape index (κ3) is 6.08. The molecule has 2 aromatic rings. The molecule has 1 N–H and O–H groups in total. The lowest BCUT2D eigenvalue weighted by Gasteiger charge is -2.32. The topological polar surface area (TPSA) is 58.6 Å². The van der Waals surface area contributed by atoms with E-state index in [2.05, 4.69) is 10.1 Å². The average molecular weight is 471 g/mol. The lowest BCUT2D eigenvalue weighted by Crippen LogP contribution is -2.45. The number of nitrogens with one attached hydrogen (secondary N) is 1. The fourth-order valence-corrected chi connectivity index (χ4v) is 4.01. The molecule has 5 nitrogen and oxygen atoms in total. The van der Waals surface area contributed by atoms with Crippen LogP contribution in [0.2, 0.25) is 10.0 Å². The van der Waals surface area contributed by atoms with Crippen LogP contribution in [-0.2, 0) is 11.2 Å². The first-order chi connectivity index (χ1) is 14.9. The number of ether oxygens (including phenoxy) is 1. The van der Waals surface area contributed by atoms with Gasteiger partial charge in [0.2, 0.25) is 5.91 Å². The molecule has 31 heavy (non-hydrogen) atoms. The number of para-hydroxylation sites is 1. The maximum Gasteiger partial charge on any atom is 0.387 e. The number of benzene rings is 2. The second kappa shape index (κ2) is 10.8. The normalized spacial score (nSPS) is 16.3. The minimum atomic E-state index is -3.03. The molecule has 1 unspecified atom stereocenters. The molecule has 0 radical (unpaired) electrons. The molecule has 0 aliphatic carbocycles. The van der Waals surface area contributed by atoms with E-state index in [1.54, 1.807) is 18.2 Å². The van der Waals surface area contributed by atoms with Gasteiger partial charge in [-0.2, -0.15) is 8.78 Å². The number of hydrogen-bond donors (Lipinski definition) is 1. The summed E-state index contributed by atoms with van der Waals surface area (Å²) in [4.78, 5) is 27.0. The minimum absolute atomic E-state index is 0.0551. The predicted molar refractivity (Wildman–Crippen MR) is 115 cm³/mol. The van der Waals surface area contributed by atoms with Crippen molar-refractivity contribution in [3.8, 4) is 5.75 Å². The summed E-state index contributed by atoms with van der Waals surface area (Å²) in [6.45, 7) is -1.98. The van der Waals surface area contributed by atoms with Crippen molar-refractivity contribution in [2.75, 3.05) is 19.6 Å². The van der Waals surface area contributed by atoms with Crippen LogP contribution >= 0.6 is 23.2 Å². The van der Waals surface area contributed by atoms with E-state index in [9.17, 15) is 18.4 Å². The second-order valence-corrected chi connectivity index (χ2v) is 8.00. The van der Waals surface area contributed by atoms with Crippen LogP contribution in [0.1, 0.15) is 28.8 Å². The second-order valence-electron chi connectivity index (χ2n) is 7.22. The molecule has 0 bridgehead atoms. The van der Waals surface area contributed by atoms with Gasteiger partial charge in [-0.1, -0.05) is 47.5 Å². The highest BCUT2D eigenvalue weighted by Crippen LogP contribution is 2.26. The first kappa shape index (κ1) is 23.3. The summed E-state index contributed by atoms with van der Waals surface area (Å²) in [5.74, 6) is -1.14. The first-order valence-corrected chi connectivity index (χ1v) is 10.7. The molecule has 3 rings (SSSR count). The molecule has 166 valence electrons. The van der Waals surface area contributed by atoms with Crippen LogP contribution in [-0.4, -0.2) is 43.0 Å². The van der Waals surface area contributed by atoms with Crippen LogP contribution in [0.15, 0.2) is 42.5 Å².